The van der Waals surface area contributed by atoms with Gasteiger partial charge in [0.1, 0.15) is 0 Å². The largest absolute Gasteiger partial charge is 0.416 e. The third-order valence-corrected chi connectivity index (χ3v) is 4.88. The SMILES string of the molecule is CCC(=O)C(=O)N1c2ccccc2CCC1CO[Si](C)(C)C. The van der Waals surface area contributed by atoms with E-state index in [0.29, 0.717) is 6.61 Å². The zero-order valence-electron chi connectivity index (χ0n) is 13.9. The normalized spacial score (nSPS) is 18.0. The van der Waals surface area contributed by atoms with E-state index in [9.17, 15) is 9.59 Å². The molecule has 1 amide bonds. The van der Waals surface area contributed by atoms with E-state index < -0.39 is 14.2 Å². The molecule has 0 saturated carbocycles. The van der Waals surface area contributed by atoms with E-state index in [0.717, 1.165) is 24.1 Å². The Morgan fingerprint density at radius 2 is 1.95 bits per heavy atom. The predicted octanol–water partition coefficient (Wildman–Crippen LogP) is 3.17. The summed E-state index contributed by atoms with van der Waals surface area (Å²) in [4.78, 5) is 26.2. The molecule has 2 rings (SSSR count). The number of amides is 1. The van der Waals surface area contributed by atoms with Gasteiger partial charge in [0.25, 0.3) is 5.91 Å². The molecule has 22 heavy (non-hydrogen) atoms. The first-order chi connectivity index (χ1) is 10.3. The Kier molecular flexibility index (Phi) is 5.18. The van der Waals surface area contributed by atoms with Crippen LogP contribution >= 0.6 is 0 Å². The van der Waals surface area contributed by atoms with Gasteiger partial charge in [-0.15, -0.1) is 0 Å². The van der Waals surface area contributed by atoms with Crippen LogP contribution in [-0.4, -0.2) is 32.7 Å². The maximum Gasteiger partial charge on any atom is 0.294 e. The fraction of sp³-hybridized carbons (Fsp3) is 0.529. The van der Waals surface area contributed by atoms with Crippen LogP contribution in [0.1, 0.15) is 25.3 Å². The summed E-state index contributed by atoms with van der Waals surface area (Å²) in [5, 5.41) is 0. The van der Waals surface area contributed by atoms with E-state index >= 15 is 0 Å². The number of rotatable bonds is 5. The molecule has 0 aromatic heterocycles. The van der Waals surface area contributed by atoms with E-state index in [1.807, 2.05) is 24.3 Å². The van der Waals surface area contributed by atoms with E-state index in [-0.39, 0.29) is 18.2 Å². The lowest BCUT2D eigenvalue weighted by Gasteiger charge is -2.37. The van der Waals surface area contributed by atoms with Crippen molar-refractivity contribution in [1.82, 2.24) is 0 Å². The van der Waals surface area contributed by atoms with Crippen LogP contribution in [0.5, 0.6) is 0 Å². The van der Waals surface area contributed by atoms with E-state index in [4.69, 9.17) is 4.43 Å². The van der Waals surface area contributed by atoms with Gasteiger partial charge in [-0.2, -0.15) is 0 Å². The number of para-hydroxylation sites is 1. The highest BCUT2D eigenvalue weighted by Crippen LogP contribution is 2.31. The summed E-state index contributed by atoms with van der Waals surface area (Å²) in [6.45, 7) is 8.63. The summed E-state index contributed by atoms with van der Waals surface area (Å²) in [6.07, 6.45) is 1.99. The van der Waals surface area contributed by atoms with Crippen molar-refractivity contribution in [1.29, 1.82) is 0 Å². The molecule has 0 fully saturated rings. The summed E-state index contributed by atoms with van der Waals surface area (Å²) in [5.74, 6) is -0.742. The van der Waals surface area contributed by atoms with Gasteiger partial charge >= 0.3 is 0 Å². The summed E-state index contributed by atoms with van der Waals surface area (Å²) >= 11 is 0. The highest BCUT2D eigenvalue weighted by atomic mass is 28.4. The maximum atomic E-state index is 12.6. The average Bonchev–Trinajstić information content (AvgIpc) is 2.50. The maximum absolute atomic E-state index is 12.6. The first kappa shape index (κ1) is 16.9. The van der Waals surface area contributed by atoms with Crippen molar-refractivity contribution >= 4 is 25.7 Å². The molecule has 0 saturated heterocycles. The molecule has 0 spiro atoms. The van der Waals surface area contributed by atoms with E-state index in [1.165, 1.54) is 0 Å². The topological polar surface area (TPSA) is 46.6 Å². The minimum absolute atomic E-state index is 0.0513. The fourth-order valence-electron chi connectivity index (χ4n) is 2.67. The van der Waals surface area contributed by atoms with Gasteiger partial charge in [-0.3, -0.25) is 9.59 Å². The Morgan fingerprint density at radius 3 is 2.59 bits per heavy atom. The zero-order chi connectivity index (χ0) is 16.3. The Labute approximate surface area is 133 Å². The molecule has 1 atom stereocenters. The van der Waals surface area contributed by atoms with Crippen LogP contribution in [0.25, 0.3) is 0 Å². The number of ketones is 1. The van der Waals surface area contributed by atoms with Gasteiger partial charge in [0.15, 0.2) is 8.32 Å². The summed E-state index contributed by atoms with van der Waals surface area (Å²) in [5.41, 5.74) is 1.99. The number of fused-ring (bicyclic) bond motifs is 1. The summed E-state index contributed by atoms with van der Waals surface area (Å²) < 4.78 is 6.01. The number of carbonyl (C=O) groups is 2. The van der Waals surface area contributed by atoms with Gasteiger partial charge in [-0.05, 0) is 44.1 Å². The molecule has 0 bridgehead atoms. The summed E-state index contributed by atoms with van der Waals surface area (Å²) in [6, 6.07) is 7.79. The van der Waals surface area contributed by atoms with E-state index in [2.05, 4.69) is 19.6 Å². The minimum Gasteiger partial charge on any atom is -0.416 e. The van der Waals surface area contributed by atoms with Crippen molar-refractivity contribution in [2.75, 3.05) is 11.5 Å². The van der Waals surface area contributed by atoms with E-state index in [1.54, 1.807) is 11.8 Å². The lowest BCUT2D eigenvalue weighted by molar-refractivity contribution is -0.136. The summed E-state index contributed by atoms with van der Waals surface area (Å²) in [7, 11) is -1.66. The molecular formula is C17H25NO3Si. The molecule has 1 aliphatic heterocycles. The average molecular weight is 319 g/mol. The smallest absolute Gasteiger partial charge is 0.294 e. The number of benzene rings is 1. The van der Waals surface area contributed by atoms with Crippen LogP contribution in [0.4, 0.5) is 5.69 Å². The van der Waals surface area contributed by atoms with Crippen molar-refractivity contribution < 1.29 is 14.0 Å². The molecule has 0 radical (unpaired) electrons. The van der Waals surface area contributed by atoms with Gasteiger partial charge in [-0.25, -0.2) is 0 Å². The third-order valence-electron chi connectivity index (χ3n) is 3.85. The molecule has 120 valence electrons. The number of Topliss-reactive ketones (excluding diaryl/α,β-unsaturated/α-hetero) is 1. The van der Waals surface area contributed by atoms with Crippen LogP contribution < -0.4 is 4.90 Å². The van der Waals surface area contributed by atoms with Gasteiger partial charge in [0, 0.05) is 12.1 Å². The Hall–Kier alpha value is -1.46. The van der Waals surface area contributed by atoms with Crippen LogP contribution in [0.3, 0.4) is 0 Å². The second kappa shape index (κ2) is 6.75. The number of aryl methyl sites for hydroxylation is 1. The quantitative estimate of drug-likeness (QED) is 0.618. The molecule has 1 heterocycles. The molecular weight excluding hydrogens is 294 g/mol. The minimum atomic E-state index is -1.66. The Balaban J connectivity index is 2.30. The second-order valence-corrected chi connectivity index (χ2v) is 11.2. The van der Waals surface area contributed by atoms with Crippen LogP contribution in [0.15, 0.2) is 24.3 Å². The highest BCUT2D eigenvalue weighted by Gasteiger charge is 2.34. The predicted molar refractivity (Wildman–Crippen MR) is 90.6 cm³/mol. The van der Waals surface area contributed by atoms with Crippen molar-refractivity contribution in [3.8, 4) is 0 Å². The van der Waals surface area contributed by atoms with Crippen molar-refractivity contribution in [2.24, 2.45) is 0 Å². The first-order valence-electron chi connectivity index (χ1n) is 7.91. The molecule has 5 heteroatoms. The van der Waals surface area contributed by atoms with Crippen LogP contribution in [-0.2, 0) is 20.4 Å². The molecule has 1 aromatic carbocycles. The van der Waals surface area contributed by atoms with Crippen molar-refractivity contribution in [3.63, 3.8) is 0 Å². The van der Waals surface area contributed by atoms with Gasteiger partial charge in [0.05, 0.1) is 12.6 Å². The lowest BCUT2D eigenvalue weighted by atomic mass is 9.95. The number of nitrogens with zero attached hydrogens (tertiary/aromatic N) is 1. The first-order valence-corrected chi connectivity index (χ1v) is 11.3. The molecule has 4 nitrogen and oxygen atoms in total. The molecule has 1 unspecified atom stereocenters. The van der Waals surface area contributed by atoms with Gasteiger partial charge < -0.3 is 9.33 Å². The monoisotopic (exact) mass is 319 g/mol. The number of anilines is 1. The standard InChI is InChI=1S/C17H25NO3Si/c1-5-16(19)17(20)18-14(12-21-22(2,3)4)11-10-13-8-6-7-9-15(13)18/h6-9,14H,5,10-12H2,1-4H3. The lowest BCUT2D eigenvalue weighted by Crippen LogP contribution is -2.50. The molecule has 1 aromatic rings. The Bertz CT molecular complexity index is 565. The highest BCUT2D eigenvalue weighted by molar-refractivity contribution is 6.69. The fourth-order valence-corrected chi connectivity index (χ4v) is 3.36. The molecule has 1 aliphatic rings. The second-order valence-electron chi connectivity index (χ2n) is 6.70. The van der Waals surface area contributed by atoms with Crippen LogP contribution in [0, 0.1) is 0 Å². The van der Waals surface area contributed by atoms with Crippen molar-refractivity contribution in [3.05, 3.63) is 29.8 Å². The van der Waals surface area contributed by atoms with Crippen LogP contribution in [0.2, 0.25) is 19.6 Å². The Morgan fingerprint density at radius 1 is 1.27 bits per heavy atom. The zero-order valence-corrected chi connectivity index (χ0v) is 14.9. The molecule has 0 aliphatic carbocycles. The van der Waals surface area contributed by atoms with Gasteiger partial charge in [-0.1, -0.05) is 25.1 Å². The van der Waals surface area contributed by atoms with Gasteiger partial charge in [0.2, 0.25) is 5.78 Å². The number of hydrogen-bond acceptors (Lipinski definition) is 3. The molecule has 0 N–H and O–H groups in total. The number of hydrogen-bond donors (Lipinski definition) is 0. The third kappa shape index (κ3) is 3.84. The number of carbonyl (C=O) groups excluding carboxylic acids is 2. The van der Waals surface area contributed by atoms with Crippen molar-refractivity contribution in [2.45, 2.75) is 51.9 Å².